The summed E-state index contributed by atoms with van der Waals surface area (Å²) < 4.78 is 15.5. The average Bonchev–Trinajstić information content (AvgIpc) is 2.73. The zero-order valence-electron chi connectivity index (χ0n) is 19.6. The van der Waals surface area contributed by atoms with Gasteiger partial charge in [0, 0.05) is 17.7 Å². The number of rotatable bonds is 8. The number of carbonyl (C=O) groups is 3. The normalized spacial score (nSPS) is 13.3. The largest absolute Gasteiger partial charge is 0.507 e. The van der Waals surface area contributed by atoms with Crippen molar-refractivity contribution in [2.75, 3.05) is 14.2 Å². The lowest BCUT2D eigenvalue weighted by atomic mass is 9.96. The minimum atomic E-state index is -0.936. The molecule has 0 amide bonds. The molecule has 0 aliphatic heterocycles. The predicted molar refractivity (Wildman–Crippen MR) is 121 cm³/mol. The van der Waals surface area contributed by atoms with Crippen LogP contribution in [0.3, 0.4) is 0 Å². The van der Waals surface area contributed by atoms with E-state index in [1.165, 1.54) is 7.11 Å². The highest BCUT2D eigenvalue weighted by Crippen LogP contribution is 2.40. The lowest BCUT2D eigenvalue weighted by molar-refractivity contribution is -0.119. The Morgan fingerprint density at radius 2 is 1.61 bits per heavy atom. The first-order valence-corrected chi connectivity index (χ1v) is 10.2. The minimum Gasteiger partial charge on any atom is -0.507 e. The predicted octanol–water partition coefficient (Wildman–Crippen LogP) is 4.06. The van der Waals surface area contributed by atoms with Gasteiger partial charge >= 0.3 is 5.97 Å². The average molecular weight is 456 g/mol. The molecule has 1 aliphatic carbocycles. The van der Waals surface area contributed by atoms with Gasteiger partial charge in [-0.05, 0) is 40.5 Å². The second kappa shape index (κ2) is 10.7. The van der Waals surface area contributed by atoms with Crippen molar-refractivity contribution < 1.29 is 38.8 Å². The topological polar surface area (TPSA) is 119 Å². The number of hydrogen-bond acceptors (Lipinski definition) is 8. The second-order valence-corrected chi connectivity index (χ2v) is 7.87. The molecule has 8 heteroatoms. The van der Waals surface area contributed by atoms with Crippen molar-refractivity contribution in [2.45, 2.75) is 40.5 Å². The van der Waals surface area contributed by atoms with E-state index in [1.807, 2.05) is 27.7 Å². The van der Waals surface area contributed by atoms with Crippen molar-refractivity contribution in [3.63, 3.8) is 0 Å². The fourth-order valence-electron chi connectivity index (χ4n) is 3.12. The number of esters is 1. The molecule has 176 valence electrons. The van der Waals surface area contributed by atoms with Crippen LogP contribution in [0.5, 0.6) is 17.2 Å². The molecule has 1 aliphatic rings. The van der Waals surface area contributed by atoms with Gasteiger partial charge in [-0.1, -0.05) is 23.3 Å². The van der Waals surface area contributed by atoms with E-state index < -0.39 is 23.3 Å². The smallest absolute Gasteiger partial charge is 0.345 e. The lowest BCUT2D eigenvalue weighted by Crippen LogP contribution is -2.23. The summed E-state index contributed by atoms with van der Waals surface area (Å²) in [5.74, 6) is -3.82. The Kier molecular flexibility index (Phi) is 8.23. The molecule has 0 bridgehead atoms. The number of phenolic OH excluding ortho intramolecular Hbond substituents is 2. The molecule has 0 spiro atoms. The summed E-state index contributed by atoms with van der Waals surface area (Å²) in [6, 6.07) is 1.10. The number of Topliss-reactive ketones (excluding diaryl/α,β-unsaturated/α-hetero) is 1. The lowest BCUT2D eigenvalue weighted by Gasteiger charge is -2.20. The minimum absolute atomic E-state index is 0.0921. The van der Waals surface area contributed by atoms with Crippen LogP contribution >= 0.6 is 0 Å². The number of benzene rings is 1. The van der Waals surface area contributed by atoms with E-state index in [0.29, 0.717) is 0 Å². The summed E-state index contributed by atoms with van der Waals surface area (Å²) in [7, 11) is 2.41. The Hall–Kier alpha value is -3.81. The van der Waals surface area contributed by atoms with Gasteiger partial charge < -0.3 is 24.4 Å². The maximum absolute atomic E-state index is 13.1. The molecule has 33 heavy (non-hydrogen) atoms. The van der Waals surface area contributed by atoms with Crippen molar-refractivity contribution >= 4 is 17.5 Å². The number of hydrogen-bond donors (Lipinski definition) is 2. The van der Waals surface area contributed by atoms with Crippen LogP contribution in [-0.2, 0) is 25.5 Å². The number of allylic oxidation sites excluding steroid dienone is 6. The molecule has 0 fully saturated rings. The van der Waals surface area contributed by atoms with Crippen LogP contribution in [0.25, 0.3) is 0 Å². The number of aromatic hydroxyl groups is 2. The number of ether oxygens (including phenoxy) is 3. The molecule has 0 heterocycles. The molecule has 1 aromatic rings. The quantitative estimate of drug-likeness (QED) is 0.341. The summed E-state index contributed by atoms with van der Waals surface area (Å²) >= 11 is 0. The van der Waals surface area contributed by atoms with Crippen LogP contribution in [0.2, 0.25) is 0 Å². The molecule has 0 aromatic heterocycles. The Labute approximate surface area is 192 Å². The monoisotopic (exact) mass is 456 g/mol. The van der Waals surface area contributed by atoms with E-state index in [9.17, 15) is 24.6 Å². The van der Waals surface area contributed by atoms with E-state index >= 15 is 0 Å². The van der Waals surface area contributed by atoms with Crippen LogP contribution in [0, 0.1) is 0 Å². The molecular formula is C25H28O8. The maximum Gasteiger partial charge on any atom is 0.345 e. The van der Waals surface area contributed by atoms with Gasteiger partial charge in [-0.3, -0.25) is 9.59 Å². The summed E-state index contributed by atoms with van der Waals surface area (Å²) in [6.07, 6.45) is 4.75. The summed E-state index contributed by atoms with van der Waals surface area (Å²) in [5.41, 5.74) is 1.69. The van der Waals surface area contributed by atoms with Crippen LogP contribution in [0.4, 0.5) is 0 Å². The fourth-order valence-corrected chi connectivity index (χ4v) is 3.12. The number of phenols is 2. The van der Waals surface area contributed by atoms with E-state index in [1.54, 1.807) is 12.2 Å². The van der Waals surface area contributed by atoms with Gasteiger partial charge in [0.15, 0.2) is 11.5 Å². The third-order valence-electron chi connectivity index (χ3n) is 4.85. The van der Waals surface area contributed by atoms with Crippen LogP contribution in [0.1, 0.15) is 50.0 Å². The molecule has 8 nitrogen and oxygen atoms in total. The van der Waals surface area contributed by atoms with Crippen LogP contribution in [-0.4, -0.2) is 42.0 Å². The summed E-state index contributed by atoms with van der Waals surface area (Å²) in [4.78, 5) is 38.0. The number of ketones is 2. The van der Waals surface area contributed by atoms with Crippen molar-refractivity contribution in [1.82, 2.24) is 0 Å². The van der Waals surface area contributed by atoms with Crippen molar-refractivity contribution in [3.8, 4) is 17.2 Å². The maximum atomic E-state index is 13.1. The third-order valence-corrected chi connectivity index (χ3v) is 4.85. The van der Waals surface area contributed by atoms with Gasteiger partial charge in [0.25, 0.3) is 0 Å². The Morgan fingerprint density at radius 3 is 2.15 bits per heavy atom. The van der Waals surface area contributed by atoms with Gasteiger partial charge in [0.2, 0.25) is 11.6 Å². The van der Waals surface area contributed by atoms with Crippen LogP contribution in [0.15, 0.2) is 52.5 Å². The molecule has 0 radical (unpaired) electrons. The number of methoxy groups -OCH3 is 2. The Bertz CT molecular complexity index is 1110. The van der Waals surface area contributed by atoms with Crippen molar-refractivity contribution in [3.05, 3.63) is 63.7 Å². The van der Waals surface area contributed by atoms with E-state index in [4.69, 9.17) is 14.2 Å². The summed E-state index contributed by atoms with van der Waals surface area (Å²) in [6.45, 7) is 7.39. The zero-order chi connectivity index (χ0) is 24.9. The first kappa shape index (κ1) is 25.5. The molecule has 0 unspecified atom stereocenters. The molecule has 1 aromatic carbocycles. The summed E-state index contributed by atoms with van der Waals surface area (Å²) in [5, 5.41) is 21.2. The van der Waals surface area contributed by atoms with Crippen molar-refractivity contribution in [2.24, 2.45) is 0 Å². The van der Waals surface area contributed by atoms with Crippen molar-refractivity contribution in [1.29, 1.82) is 0 Å². The van der Waals surface area contributed by atoms with Gasteiger partial charge in [0.05, 0.1) is 19.8 Å². The van der Waals surface area contributed by atoms with Gasteiger partial charge in [0.1, 0.15) is 22.8 Å². The first-order valence-electron chi connectivity index (χ1n) is 10.2. The SMILES string of the molecule is COC(=O)c1c(OC2=CC(=O)C(OC)=C(CC=C(C)C)C2=O)cc(O)c(CC=C(C)C)c1O. The van der Waals surface area contributed by atoms with Gasteiger partial charge in [-0.25, -0.2) is 4.79 Å². The Balaban J connectivity index is 2.56. The standard InChI is InChI=1S/C25H28O8/c1-13(2)7-9-15-17(26)11-19(21(23(15)29)25(30)32-6)33-20-12-18(27)24(31-5)16(22(20)28)10-8-14(3)4/h7-8,11-12,26,29H,9-10H2,1-6H3. The van der Waals surface area contributed by atoms with E-state index in [0.717, 1.165) is 30.4 Å². The van der Waals surface area contributed by atoms with Gasteiger partial charge in [-0.2, -0.15) is 0 Å². The highest BCUT2D eigenvalue weighted by Gasteiger charge is 2.32. The van der Waals surface area contributed by atoms with E-state index in [-0.39, 0.29) is 52.6 Å². The molecule has 2 rings (SSSR count). The van der Waals surface area contributed by atoms with E-state index in [2.05, 4.69) is 0 Å². The van der Waals surface area contributed by atoms with Gasteiger partial charge in [-0.15, -0.1) is 0 Å². The molecule has 0 atom stereocenters. The molecule has 2 N–H and O–H groups in total. The molecule has 0 saturated carbocycles. The Morgan fingerprint density at radius 1 is 1.00 bits per heavy atom. The second-order valence-electron chi connectivity index (χ2n) is 7.87. The fraction of sp³-hybridized carbons (Fsp3) is 0.320. The first-order chi connectivity index (χ1) is 15.5. The number of carbonyl (C=O) groups excluding carboxylic acids is 3. The van der Waals surface area contributed by atoms with Crippen LogP contribution < -0.4 is 4.74 Å². The zero-order valence-corrected chi connectivity index (χ0v) is 19.6. The third kappa shape index (κ3) is 5.71. The molecular weight excluding hydrogens is 428 g/mol. The highest BCUT2D eigenvalue weighted by molar-refractivity contribution is 6.21. The highest BCUT2D eigenvalue weighted by atomic mass is 16.5. The molecule has 0 saturated heterocycles.